The summed E-state index contributed by atoms with van der Waals surface area (Å²) in [6.45, 7) is 0.271. The standard InChI is InChI=1S/C20H20ClN5O2S/c1-26-17(12-22-18(27)11-14-5-3-2-4-6-14)24-25-20(26)29-13-19(28)23-16-9-7-15(21)8-10-16/h2-10H,11-13H2,1H3,(H,22,27)(H,23,28). The third kappa shape index (κ3) is 6.33. The van der Waals surface area contributed by atoms with Crippen LogP contribution in [0.2, 0.25) is 5.02 Å². The molecule has 0 radical (unpaired) electrons. The third-order valence-electron chi connectivity index (χ3n) is 4.04. The van der Waals surface area contributed by atoms with Gasteiger partial charge in [-0.05, 0) is 29.8 Å². The maximum Gasteiger partial charge on any atom is 0.234 e. The average Bonchev–Trinajstić information content (AvgIpc) is 3.07. The Kier molecular flexibility index (Phi) is 7.26. The maximum atomic E-state index is 12.1. The van der Waals surface area contributed by atoms with E-state index in [0.717, 1.165) is 5.56 Å². The van der Waals surface area contributed by atoms with Crippen molar-refractivity contribution in [1.82, 2.24) is 20.1 Å². The smallest absolute Gasteiger partial charge is 0.234 e. The van der Waals surface area contributed by atoms with E-state index in [2.05, 4.69) is 20.8 Å². The molecule has 0 atom stereocenters. The molecule has 2 N–H and O–H groups in total. The van der Waals surface area contributed by atoms with Gasteiger partial charge < -0.3 is 15.2 Å². The van der Waals surface area contributed by atoms with E-state index in [1.165, 1.54) is 11.8 Å². The van der Waals surface area contributed by atoms with Crippen molar-refractivity contribution in [2.75, 3.05) is 11.1 Å². The van der Waals surface area contributed by atoms with Gasteiger partial charge in [-0.2, -0.15) is 0 Å². The van der Waals surface area contributed by atoms with Crippen molar-refractivity contribution in [3.63, 3.8) is 0 Å². The van der Waals surface area contributed by atoms with Crippen LogP contribution < -0.4 is 10.6 Å². The number of anilines is 1. The molecule has 0 bridgehead atoms. The van der Waals surface area contributed by atoms with Crippen LogP contribution >= 0.6 is 23.4 Å². The fourth-order valence-corrected chi connectivity index (χ4v) is 3.36. The number of amides is 2. The third-order valence-corrected chi connectivity index (χ3v) is 5.31. The van der Waals surface area contributed by atoms with Gasteiger partial charge in [0.15, 0.2) is 11.0 Å². The summed E-state index contributed by atoms with van der Waals surface area (Å²) in [4.78, 5) is 24.2. The highest BCUT2D eigenvalue weighted by Gasteiger charge is 2.13. The van der Waals surface area contributed by atoms with Crippen LogP contribution in [0.5, 0.6) is 0 Å². The van der Waals surface area contributed by atoms with Gasteiger partial charge in [0.1, 0.15) is 0 Å². The summed E-state index contributed by atoms with van der Waals surface area (Å²) in [6, 6.07) is 16.4. The lowest BCUT2D eigenvalue weighted by molar-refractivity contribution is -0.120. The van der Waals surface area contributed by atoms with Crippen LogP contribution in [0.3, 0.4) is 0 Å². The first-order valence-corrected chi connectivity index (χ1v) is 10.2. The first kappa shape index (κ1) is 20.9. The van der Waals surface area contributed by atoms with Crippen LogP contribution in [0.4, 0.5) is 5.69 Å². The van der Waals surface area contributed by atoms with E-state index in [9.17, 15) is 9.59 Å². The highest BCUT2D eigenvalue weighted by atomic mass is 35.5. The fraction of sp³-hybridized carbons (Fsp3) is 0.200. The van der Waals surface area contributed by atoms with Crippen LogP contribution in [0, 0.1) is 0 Å². The first-order valence-electron chi connectivity index (χ1n) is 8.88. The number of hydrogen-bond donors (Lipinski definition) is 2. The highest BCUT2D eigenvalue weighted by molar-refractivity contribution is 7.99. The zero-order valence-electron chi connectivity index (χ0n) is 15.8. The fourth-order valence-electron chi connectivity index (χ4n) is 2.51. The molecule has 0 aliphatic rings. The molecule has 2 amide bonds. The van der Waals surface area contributed by atoms with Crippen molar-refractivity contribution in [2.24, 2.45) is 7.05 Å². The Morgan fingerprint density at radius 1 is 1.03 bits per heavy atom. The zero-order valence-corrected chi connectivity index (χ0v) is 17.3. The van der Waals surface area contributed by atoms with Crippen molar-refractivity contribution >= 4 is 40.9 Å². The lowest BCUT2D eigenvalue weighted by Gasteiger charge is -2.07. The molecule has 3 rings (SSSR count). The van der Waals surface area contributed by atoms with E-state index in [-0.39, 0.29) is 24.1 Å². The first-order chi connectivity index (χ1) is 14.0. The number of carbonyl (C=O) groups excluding carboxylic acids is 2. The second-order valence-electron chi connectivity index (χ2n) is 6.24. The number of nitrogens with one attached hydrogen (secondary N) is 2. The van der Waals surface area contributed by atoms with Crippen molar-refractivity contribution in [3.05, 3.63) is 71.0 Å². The van der Waals surface area contributed by atoms with Crippen molar-refractivity contribution in [2.45, 2.75) is 18.1 Å². The van der Waals surface area contributed by atoms with Gasteiger partial charge in [0, 0.05) is 17.8 Å². The summed E-state index contributed by atoms with van der Waals surface area (Å²) in [7, 11) is 1.80. The largest absolute Gasteiger partial charge is 0.349 e. The van der Waals surface area contributed by atoms with Gasteiger partial charge in [-0.3, -0.25) is 9.59 Å². The quantitative estimate of drug-likeness (QED) is 0.537. The summed E-state index contributed by atoms with van der Waals surface area (Å²) in [5, 5.41) is 15.0. The molecule has 0 spiro atoms. The van der Waals surface area contributed by atoms with E-state index < -0.39 is 0 Å². The number of carbonyl (C=O) groups is 2. The molecule has 0 aliphatic heterocycles. The number of aromatic nitrogens is 3. The topological polar surface area (TPSA) is 88.9 Å². The van der Waals surface area contributed by atoms with E-state index in [1.807, 2.05) is 30.3 Å². The molecule has 2 aromatic carbocycles. The van der Waals surface area contributed by atoms with Crippen LogP contribution in [-0.2, 0) is 29.6 Å². The Balaban J connectivity index is 1.46. The van der Waals surface area contributed by atoms with Crippen LogP contribution in [0.15, 0.2) is 59.8 Å². The molecule has 0 unspecified atom stereocenters. The number of halogens is 1. The molecular weight excluding hydrogens is 410 g/mol. The molecule has 0 aliphatic carbocycles. The lowest BCUT2D eigenvalue weighted by atomic mass is 10.1. The van der Waals surface area contributed by atoms with Crippen LogP contribution in [-0.4, -0.2) is 32.3 Å². The molecule has 150 valence electrons. The summed E-state index contributed by atoms with van der Waals surface area (Å²) in [5.41, 5.74) is 1.63. The summed E-state index contributed by atoms with van der Waals surface area (Å²) in [6.07, 6.45) is 0.311. The molecule has 1 aromatic heterocycles. The highest BCUT2D eigenvalue weighted by Crippen LogP contribution is 2.17. The van der Waals surface area contributed by atoms with E-state index in [1.54, 1.807) is 35.9 Å². The van der Waals surface area contributed by atoms with Crippen molar-refractivity contribution in [1.29, 1.82) is 0 Å². The predicted molar refractivity (Wildman–Crippen MR) is 114 cm³/mol. The van der Waals surface area contributed by atoms with E-state index >= 15 is 0 Å². The predicted octanol–water partition coefficient (Wildman–Crippen LogP) is 3.06. The Morgan fingerprint density at radius 3 is 2.48 bits per heavy atom. The van der Waals surface area contributed by atoms with Crippen LogP contribution in [0.25, 0.3) is 0 Å². The van der Waals surface area contributed by atoms with E-state index in [4.69, 9.17) is 11.6 Å². The zero-order chi connectivity index (χ0) is 20.6. The van der Waals surface area contributed by atoms with Gasteiger partial charge in [0.25, 0.3) is 0 Å². The van der Waals surface area contributed by atoms with Crippen molar-refractivity contribution in [3.8, 4) is 0 Å². The maximum absolute atomic E-state index is 12.1. The normalized spacial score (nSPS) is 10.6. The van der Waals surface area contributed by atoms with Gasteiger partial charge in [-0.25, -0.2) is 0 Å². The minimum absolute atomic E-state index is 0.0873. The Morgan fingerprint density at radius 2 is 1.76 bits per heavy atom. The molecule has 0 fully saturated rings. The van der Waals surface area contributed by atoms with Gasteiger partial charge in [-0.1, -0.05) is 53.7 Å². The van der Waals surface area contributed by atoms with Gasteiger partial charge in [0.2, 0.25) is 11.8 Å². The van der Waals surface area contributed by atoms with Gasteiger partial charge in [0.05, 0.1) is 18.7 Å². The van der Waals surface area contributed by atoms with E-state index in [0.29, 0.717) is 28.1 Å². The summed E-state index contributed by atoms with van der Waals surface area (Å²) >= 11 is 7.11. The summed E-state index contributed by atoms with van der Waals surface area (Å²) in [5.74, 6) is 0.565. The Bertz CT molecular complexity index is 976. The number of hydrogen-bond acceptors (Lipinski definition) is 5. The minimum atomic E-state index is -0.155. The molecule has 29 heavy (non-hydrogen) atoms. The van der Waals surface area contributed by atoms with Crippen LogP contribution in [0.1, 0.15) is 11.4 Å². The molecule has 0 saturated heterocycles. The molecule has 0 saturated carbocycles. The molecule has 9 heteroatoms. The minimum Gasteiger partial charge on any atom is -0.349 e. The second kappa shape index (κ2) is 10.1. The Hall–Kier alpha value is -2.84. The molecule has 7 nitrogen and oxygen atoms in total. The molecular formula is C20H20ClN5O2S. The SMILES string of the molecule is Cn1c(CNC(=O)Cc2ccccc2)nnc1SCC(=O)Nc1ccc(Cl)cc1. The average molecular weight is 430 g/mol. The lowest BCUT2D eigenvalue weighted by Crippen LogP contribution is -2.26. The number of thioether (sulfide) groups is 1. The Labute approximate surface area is 177 Å². The number of rotatable bonds is 8. The number of nitrogens with zero attached hydrogens (tertiary/aromatic N) is 3. The van der Waals surface area contributed by atoms with Gasteiger partial charge >= 0.3 is 0 Å². The van der Waals surface area contributed by atoms with Crippen molar-refractivity contribution < 1.29 is 9.59 Å². The monoisotopic (exact) mass is 429 g/mol. The van der Waals surface area contributed by atoms with Gasteiger partial charge in [-0.15, -0.1) is 10.2 Å². The molecule has 1 heterocycles. The summed E-state index contributed by atoms with van der Waals surface area (Å²) < 4.78 is 1.77. The number of benzene rings is 2. The second-order valence-corrected chi connectivity index (χ2v) is 7.62. The molecule has 3 aromatic rings.